The van der Waals surface area contributed by atoms with E-state index in [-0.39, 0.29) is 12.7 Å². The Hall–Kier alpha value is -1.54. The Morgan fingerprint density at radius 3 is 2.85 bits per heavy atom. The Balaban J connectivity index is 1.76. The highest BCUT2D eigenvalue weighted by molar-refractivity contribution is 5.39. The summed E-state index contributed by atoms with van der Waals surface area (Å²) in [5.41, 5.74) is 0.845. The number of aliphatic hydroxyl groups excluding tert-OH is 2. The fourth-order valence-electron chi connectivity index (χ4n) is 2.24. The zero-order valence-corrected chi connectivity index (χ0v) is 11.6. The predicted octanol–water partition coefficient (Wildman–Crippen LogP) is 0.866. The highest BCUT2D eigenvalue weighted by Gasteiger charge is 2.16. The van der Waals surface area contributed by atoms with Crippen molar-refractivity contribution in [3.63, 3.8) is 0 Å². The standard InChI is InChI=1S/C16H21NO3/c18-11-2-4-14-3-1-5-16(13-14)20-12-10-17-8-6-15(19)7-9-17/h1,3,5,13,15,18-19H,6-12H2. The summed E-state index contributed by atoms with van der Waals surface area (Å²) in [6.07, 6.45) is 1.58. The van der Waals surface area contributed by atoms with Gasteiger partial charge in [-0.3, -0.25) is 4.90 Å². The molecule has 0 atom stereocenters. The van der Waals surface area contributed by atoms with Gasteiger partial charge in [-0.15, -0.1) is 0 Å². The summed E-state index contributed by atoms with van der Waals surface area (Å²) in [5, 5.41) is 18.1. The Morgan fingerprint density at radius 1 is 1.30 bits per heavy atom. The van der Waals surface area contributed by atoms with E-state index in [1.807, 2.05) is 24.3 Å². The molecule has 1 aromatic carbocycles. The maximum atomic E-state index is 9.44. The molecule has 1 fully saturated rings. The van der Waals surface area contributed by atoms with Crippen molar-refractivity contribution in [3.8, 4) is 17.6 Å². The molecule has 0 radical (unpaired) electrons. The molecule has 1 aliphatic heterocycles. The lowest BCUT2D eigenvalue weighted by Crippen LogP contribution is -2.38. The second kappa shape index (κ2) is 7.91. The van der Waals surface area contributed by atoms with Crippen LogP contribution in [-0.2, 0) is 0 Å². The summed E-state index contributed by atoms with van der Waals surface area (Å²) in [7, 11) is 0. The molecule has 1 heterocycles. The number of nitrogens with zero attached hydrogens (tertiary/aromatic N) is 1. The molecular weight excluding hydrogens is 254 g/mol. The molecule has 4 nitrogen and oxygen atoms in total. The maximum Gasteiger partial charge on any atom is 0.120 e. The van der Waals surface area contributed by atoms with Gasteiger partial charge in [0.15, 0.2) is 0 Å². The third-order valence-corrected chi connectivity index (χ3v) is 3.38. The molecule has 0 spiro atoms. The molecule has 1 aliphatic rings. The third kappa shape index (κ3) is 4.86. The van der Waals surface area contributed by atoms with Crippen molar-refractivity contribution in [3.05, 3.63) is 29.8 Å². The van der Waals surface area contributed by atoms with Crippen LogP contribution >= 0.6 is 0 Å². The van der Waals surface area contributed by atoms with E-state index >= 15 is 0 Å². The van der Waals surface area contributed by atoms with Gasteiger partial charge < -0.3 is 14.9 Å². The van der Waals surface area contributed by atoms with Crippen LogP contribution in [0.2, 0.25) is 0 Å². The van der Waals surface area contributed by atoms with Gasteiger partial charge in [0, 0.05) is 25.2 Å². The lowest BCUT2D eigenvalue weighted by Gasteiger charge is -2.29. The van der Waals surface area contributed by atoms with E-state index in [4.69, 9.17) is 9.84 Å². The molecule has 0 amide bonds. The van der Waals surface area contributed by atoms with Crippen molar-refractivity contribution in [1.29, 1.82) is 0 Å². The Kier molecular flexibility index (Phi) is 5.87. The first-order chi connectivity index (χ1) is 9.78. The van der Waals surface area contributed by atoms with Crippen molar-refractivity contribution < 1.29 is 14.9 Å². The van der Waals surface area contributed by atoms with Gasteiger partial charge >= 0.3 is 0 Å². The van der Waals surface area contributed by atoms with Crippen molar-refractivity contribution >= 4 is 0 Å². The van der Waals surface area contributed by atoms with Crippen LogP contribution in [0.4, 0.5) is 0 Å². The topological polar surface area (TPSA) is 52.9 Å². The average Bonchev–Trinajstić information content (AvgIpc) is 2.48. The average molecular weight is 275 g/mol. The lowest BCUT2D eigenvalue weighted by atomic mass is 10.1. The second-order valence-corrected chi connectivity index (χ2v) is 4.91. The van der Waals surface area contributed by atoms with Crippen molar-refractivity contribution in [2.75, 3.05) is 32.8 Å². The Labute approximate surface area is 120 Å². The van der Waals surface area contributed by atoms with Gasteiger partial charge in [-0.05, 0) is 31.0 Å². The highest BCUT2D eigenvalue weighted by atomic mass is 16.5. The fraction of sp³-hybridized carbons (Fsp3) is 0.500. The minimum atomic E-state index is -0.133. The smallest absolute Gasteiger partial charge is 0.120 e. The molecule has 1 aromatic rings. The summed E-state index contributed by atoms with van der Waals surface area (Å²) in [6, 6.07) is 7.57. The van der Waals surface area contributed by atoms with Crippen LogP contribution in [-0.4, -0.2) is 54.1 Å². The van der Waals surface area contributed by atoms with Gasteiger partial charge in [-0.1, -0.05) is 17.9 Å². The van der Waals surface area contributed by atoms with Crippen molar-refractivity contribution in [2.24, 2.45) is 0 Å². The largest absolute Gasteiger partial charge is 0.492 e. The molecule has 0 aliphatic carbocycles. The zero-order chi connectivity index (χ0) is 14.2. The normalized spacial score (nSPS) is 16.5. The summed E-state index contributed by atoms with van der Waals surface area (Å²) in [4.78, 5) is 2.31. The van der Waals surface area contributed by atoms with E-state index < -0.39 is 0 Å². The lowest BCUT2D eigenvalue weighted by molar-refractivity contribution is 0.0755. The summed E-state index contributed by atoms with van der Waals surface area (Å²) >= 11 is 0. The molecule has 0 bridgehead atoms. The van der Waals surface area contributed by atoms with Crippen LogP contribution in [0, 0.1) is 11.8 Å². The molecule has 20 heavy (non-hydrogen) atoms. The van der Waals surface area contributed by atoms with E-state index in [9.17, 15) is 5.11 Å². The second-order valence-electron chi connectivity index (χ2n) is 4.91. The van der Waals surface area contributed by atoms with Gasteiger partial charge in [0.1, 0.15) is 19.0 Å². The zero-order valence-electron chi connectivity index (χ0n) is 11.6. The van der Waals surface area contributed by atoms with Crippen molar-refractivity contribution in [2.45, 2.75) is 18.9 Å². The van der Waals surface area contributed by atoms with E-state index in [0.29, 0.717) is 6.61 Å². The van der Waals surface area contributed by atoms with Crippen LogP contribution in [0.5, 0.6) is 5.75 Å². The van der Waals surface area contributed by atoms with Crippen molar-refractivity contribution in [1.82, 2.24) is 4.90 Å². The monoisotopic (exact) mass is 275 g/mol. The number of hydrogen-bond donors (Lipinski definition) is 2. The number of hydrogen-bond acceptors (Lipinski definition) is 4. The summed E-state index contributed by atoms with van der Waals surface area (Å²) in [6.45, 7) is 3.25. The summed E-state index contributed by atoms with van der Waals surface area (Å²) in [5.74, 6) is 6.28. The molecule has 0 unspecified atom stereocenters. The molecular formula is C16H21NO3. The van der Waals surface area contributed by atoms with Gasteiger partial charge in [0.2, 0.25) is 0 Å². The number of benzene rings is 1. The Bertz CT molecular complexity index is 470. The first kappa shape index (κ1) is 14.9. The molecule has 4 heteroatoms. The fourth-order valence-corrected chi connectivity index (χ4v) is 2.24. The first-order valence-corrected chi connectivity index (χ1v) is 7.01. The molecule has 1 saturated heterocycles. The van der Waals surface area contributed by atoms with E-state index in [1.54, 1.807) is 0 Å². The van der Waals surface area contributed by atoms with Gasteiger partial charge in [-0.2, -0.15) is 0 Å². The van der Waals surface area contributed by atoms with E-state index in [2.05, 4.69) is 16.7 Å². The van der Waals surface area contributed by atoms with Crippen LogP contribution in [0.1, 0.15) is 18.4 Å². The minimum Gasteiger partial charge on any atom is -0.492 e. The van der Waals surface area contributed by atoms with Gasteiger partial charge in [0.25, 0.3) is 0 Å². The number of aliphatic hydroxyl groups is 2. The minimum absolute atomic E-state index is 0.131. The number of rotatable bonds is 4. The quantitative estimate of drug-likeness (QED) is 0.801. The number of ether oxygens (including phenoxy) is 1. The molecule has 108 valence electrons. The number of likely N-dealkylation sites (tertiary alicyclic amines) is 1. The Morgan fingerprint density at radius 2 is 2.10 bits per heavy atom. The van der Waals surface area contributed by atoms with Crippen LogP contribution < -0.4 is 4.74 Å². The molecule has 0 saturated carbocycles. The summed E-state index contributed by atoms with van der Waals surface area (Å²) < 4.78 is 5.72. The van der Waals surface area contributed by atoms with Crippen LogP contribution in [0.15, 0.2) is 24.3 Å². The van der Waals surface area contributed by atoms with Crippen LogP contribution in [0.25, 0.3) is 0 Å². The number of piperidine rings is 1. The van der Waals surface area contributed by atoms with Gasteiger partial charge in [0.05, 0.1) is 6.10 Å². The highest BCUT2D eigenvalue weighted by Crippen LogP contribution is 2.13. The first-order valence-electron chi connectivity index (χ1n) is 7.01. The van der Waals surface area contributed by atoms with Crippen LogP contribution in [0.3, 0.4) is 0 Å². The SMILES string of the molecule is OCC#Cc1cccc(OCCN2CCC(O)CC2)c1. The predicted molar refractivity (Wildman–Crippen MR) is 77.6 cm³/mol. The molecule has 2 rings (SSSR count). The van der Waals surface area contributed by atoms with Gasteiger partial charge in [-0.25, -0.2) is 0 Å². The third-order valence-electron chi connectivity index (χ3n) is 3.38. The van der Waals surface area contributed by atoms with E-state index in [1.165, 1.54) is 0 Å². The molecule has 2 N–H and O–H groups in total. The van der Waals surface area contributed by atoms with E-state index in [0.717, 1.165) is 43.8 Å². The molecule has 0 aromatic heterocycles. The maximum absolute atomic E-state index is 9.44.